The monoisotopic (exact) mass is 396 g/mol. The number of benzene rings is 2. The fraction of sp³-hybridized carbons (Fsp3) is 0.318. The van der Waals surface area contributed by atoms with E-state index in [-0.39, 0.29) is 18.9 Å². The van der Waals surface area contributed by atoms with Crippen LogP contribution in [0.5, 0.6) is 11.5 Å². The molecule has 0 saturated heterocycles. The Morgan fingerprint density at radius 3 is 2.31 bits per heavy atom. The first-order valence-corrected chi connectivity index (χ1v) is 9.50. The van der Waals surface area contributed by atoms with Gasteiger partial charge in [-0.15, -0.1) is 10.2 Å². The van der Waals surface area contributed by atoms with Crippen LogP contribution < -0.4 is 9.47 Å². The summed E-state index contributed by atoms with van der Waals surface area (Å²) in [6.07, 6.45) is -0.532. The predicted molar refractivity (Wildman–Crippen MR) is 107 cm³/mol. The number of ether oxygens (including phenoxy) is 3. The second kappa shape index (κ2) is 9.73. The fourth-order valence-corrected chi connectivity index (χ4v) is 2.57. The Hall–Kier alpha value is -3.35. The molecule has 3 rings (SSSR count). The van der Waals surface area contributed by atoms with E-state index in [1.165, 1.54) is 0 Å². The molecule has 0 saturated carbocycles. The van der Waals surface area contributed by atoms with Gasteiger partial charge >= 0.3 is 5.97 Å². The second-order valence-corrected chi connectivity index (χ2v) is 6.45. The Kier molecular flexibility index (Phi) is 6.84. The number of rotatable bonds is 9. The van der Waals surface area contributed by atoms with E-state index in [2.05, 4.69) is 10.2 Å². The van der Waals surface area contributed by atoms with Crippen LogP contribution in [0.25, 0.3) is 11.5 Å². The molecule has 1 aromatic heterocycles. The molecule has 0 fully saturated rings. The minimum Gasteiger partial charge on any atom is -0.494 e. The van der Waals surface area contributed by atoms with Gasteiger partial charge in [-0.2, -0.15) is 0 Å². The lowest BCUT2D eigenvalue weighted by Crippen LogP contribution is -2.12. The minimum atomic E-state index is -0.639. The summed E-state index contributed by atoms with van der Waals surface area (Å²) >= 11 is 0. The van der Waals surface area contributed by atoms with Gasteiger partial charge in [0.15, 0.2) is 6.10 Å². The largest absolute Gasteiger partial charge is 0.494 e. The van der Waals surface area contributed by atoms with E-state index >= 15 is 0 Å². The van der Waals surface area contributed by atoms with Gasteiger partial charge in [-0.05, 0) is 57.2 Å². The molecule has 1 unspecified atom stereocenters. The van der Waals surface area contributed by atoms with Gasteiger partial charge in [-0.25, -0.2) is 0 Å². The maximum absolute atomic E-state index is 12.1. The quantitative estimate of drug-likeness (QED) is 0.492. The first-order chi connectivity index (χ1) is 14.0. The van der Waals surface area contributed by atoms with Crippen LogP contribution in [0.15, 0.2) is 52.9 Å². The highest BCUT2D eigenvalue weighted by molar-refractivity contribution is 5.69. The topological polar surface area (TPSA) is 83.7 Å². The van der Waals surface area contributed by atoms with E-state index in [1.807, 2.05) is 50.2 Å². The molecule has 2 aromatic carbocycles. The molecule has 7 nitrogen and oxygen atoms in total. The highest BCUT2D eigenvalue weighted by Gasteiger charge is 2.19. The average Bonchev–Trinajstić information content (AvgIpc) is 3.20. The Bertz CT molecular complexity index is 919. The standard InChI is InChI=1S/C22H24N2O5/c1-4-26-18-9-11-19(12-10-18)27-14-13-20(25)28-16(3)21-23-24-22(29-21)17-7-5-15(2)6-8-17/h5-12,16H,4,13-14H2,1-3H3. The first-order valence-electron chi connectivity index (χ1n) is 9.50. The summed E-state index contributed by atoms with van der Waals surface area (Å²) in [4.78, 5) is 12.1. The molecule has 0 radical (unpaired) electrons. The van der Waals surface area contributed by atoms with Crippen LogP contribution in [-0.4, -0.2) is 29.4 Å². The van der Waals surface area contributed by atoms with Crippen LogP contribution in [-0.2, 0) is 9.53 Å². The number of hydrogen-bond acceptors (Lipinski definition) is 7. The summed E-state index contributed by atoms with van der Waals surface area (Å²) in [5.41, 5.74) is 1.96. The summed E-state index contributed by atoms with van der Waals surface area (Å²) in [6.45, 7) is 6.44. The fourth-order valence-electron chi connectivity index (χ4n) is 2.57. The maximum Gasteiger partial charge on any atom is 0.310 e. The molecule has 0 amide bonds. The minimum absolute atomic E-state index is 0.108. The van der Waals surface area contributed by atoms with Crippen LogP contribution in [0.3, 0.4) is 0 Å². The summed E-state index contributed by atoms with van der Waals surface area (Å²) in [5.74, 6) is 1.67. The van der Waals surface area contributed by atoms with Gasteiger partial charge in [-0.1, -0.05) is 17.7 Å². The van der Waals surface area contributed by atoms with Gasteiger partial charge in [0.1, 0.15) is 11.5 Å². The van der Waals surface area contributed by atoms with Gasteiger partial charge in [-0.3, -0.25) is 4.79 Å². The Morgan fingerprint density at radius 2 is 1.66 bits per heavy atom. The average molecular weight is 396 g/mol. The van der Waals surface area contributed by atoms with Crippen LogP contribution in [0.2, 0.25) is 0 Å². The summed E-state index contributed by atoms with van der Waals surface area (Å²) < 4.78 is 21.9. The van der Waals surface area contributed by atoms with Crippen LogP contribution >= 0.6 is 0 Å². The zero-order valence-corrected chi connectivity index (χ0v) is 16.8. The van der Waals surface area contributed by atoms with Crippen molar-refractivity contribution in [3.05, 3.63) is 60.0 Å². The number of aromatic nitrogens is 2. The highest BCUT2D eigenvalue weighted by atomic mass is 16.6. The Labute approximate surface area is 169 Å². The molecule has 7 heteroatoms. The van der Waals surface area contributed by atoms with Crippen molar-refractivity contribution in [3.63, 3.8) is 0 Å². The Morgan fingerprint density at radius 1 is 1.00 bits per heavy atom. The SMILES string of the molecule is CCOc1ccc(OCCC(=O)OC(C)c2nnc(-c3ccc(C)cc3)o2)cc1. The third-order valence-electron chi connectivity index (χ3n) is 4.10. The lowest BCUT2D eigenvalue weighted by Gasteiger charge is -2.10. The lowest BCUT2D eigenvalue weighted by molar-refractivity contribution is -0.150. The smallest absolute Gasteiger partial charge is 0.310 e. The van der Waals surface area contributed by atoms with Crippen LogP contribution in [0.1, 0.15) is 37.8 Å². The van der Waals surface area contributed by atoms with Gasteiger partial charge < -0.3 is 18.6 Å². The van der Waals surface area contributed by atoms with Crippen molar-refractivity contribution < 1.29 is 23.4 Å². The zero-order valence-electron chi connectivity index (χ0n) is 16.8. The van der Waals surface area contributed by atoms with E-state index in [1.54, 1.807) is 19.1 Å². The van der Waals surface area contributed by atoms with Crippen LogP contribution in [0, 0.1) is 6.92 Å². The van der Waals surface area contributed by atoms with Gasteiger partial charge in [0.2, 0.25) is 5.89 Å². The third kappa shape index (κ3) is 5.81. The van der Waals surface area contributed by atoms with Gasteiger partial charge in [0.25, 0.3) is 5.89 Å². The number of carbonyl (C=O) groups is 1. The van der Waals surface area contributed by atoms with E-state index in [0.29, 0.717) is 18.2 Å². The molecule has 3 aromatic rings. The molecular weight excluding hydrogens is 372 g/mol. The van der Waals surface area contributed by atoms with Crippen molar-refractivity contribution in [2.75, 3.05) is 13.2 Å². The summed E-state index contributed by atoms with van der Waals surface area (Å²) in [6, 6.07) is 15.0. The number of esters is 1. The molecule has 0 bridgehead atoms. The van der Waals surface area contributed by atoms with Crippen molar-refractivity contribution in [3.8, 4) is 23.0 Å². The molecule has 0 aliphatic carbocycles. The second-order valence-electron chi connectivity index (χ2n) is 6.45. The molecular formula is C22H24N2O5. The summed E-state index contributed by atoms with van der Waals surface area (Å²) in [5, 5.41) is 8.01. The van der Waals surface area contributed by atoms with Gasteiger partial charge in [0, 0.05) is 5.56 Å². The molecule has 29 heavy (non-hydrogen) atoms. The zero-order chi connectivity index (χ0) is 20.6. The van der Waals surface area contributed by atoms with Gasteiger partial charge in [0.05, 0.1) is 19.6 Å². The summed E-state index contributed by atoms with van der Waals surface area (Å²) in [7, 11) is 0. The maximum atomic E-state index is 12.1. The molecule has 0 aliphatic rings. The molecule has 0 aliphatic heterocycles. The van der Waals surface area contributed by atoms with Crippen molar-refractivity contribution in [1.29, 1.82) is 0 Å². The van der Waals surface area contributed by atoms with Crippen molar-refractivity contribution in [2.24, 2.45) is 0 Å². The number of hydrogen-bond donors (Lipinski definition) is 0. The molecule has 1 atom stereocenters. The third-order valence-corrected chi connectivity index (χ3v) is 4.10. The molecule has 0 spiro atoms. The van der Waals surface area contributed by atoms with E-state index in [9.17, 15) is 4.79 Å². The van der Waals surface area contributed by atoms with E-state index < -0.39 is 12.1 Å². The number of aryl methyl sites for hydroxylation is 1. The highest BCUT2D eigenvalue weighted by Crippen LogP contribution is 2.23. The number of carbonyl (C=O) groups excluding carboxylic acids is 1. The van der Waals surface area contributed by atoms with Crippen LogP contribution in [0.4, 0.5) is 0 Å². The van der Waals surface area contributed by atoms with Crippen molar-refractivity contribution >= 4 is 5.97 Å². The molecule has 1 heterocycles. The Balaban J connectivity index is 1.46. The molecule has 152 valence electrons. The predicted octanol–water partition coefficient (Wildman–Crippen LogP) is 4.52. The van der Waals surface area contributed by atoms with Crippen molar-refractivity contribution in [2.45, 2.75) is 33.3 Å². The van der Waals surface area contributed by atoms with E-state index in [0.717, 1.165) is 16.9 Å². The number of nitrogens with zero attached hydrogens (tertiary/aromatic N) is 2. The normalized spacial score (nSPS) is 11.7. The molecule has 0 N–H and O–H groups in total. The van der Waals surface area contributed by atoms with Crippen molar-refractivity contribution in [1.82, 2.24) is 10.2 Å². The first kappa shape index (κ1) is 20.4. The lowest BCUT2D eigenvalue weighted by atomic mass is 10.1. The van der Waals surface area contributed by atoms with E-state index in [4.69, 9.17) is 18.6 Å².